The fraction of sp³-hybridized carbons (Fsp3) is 0.214. The van der Waals surface area contributed by atoms with Gasteiger partial charge in [0.25, 0.3) is 0 Å². The van der Waals surface area contributed by atoms with Crippen molar-refractivity contribution < 1.29 is 4.79 Å². The highest BCUT2D eigenvalue weighted by molar-refractivity contribution is 5.89. The zero-order valence-electron chi connectivity index (χ0n) is 9.94. The van der Waals surface area contributed by atoms with E-state index in [1.807, 2.05) is 36.0 Å². The van der Waals surface area contributed by atoms with Gasteiger partial charge in [0.05, 0.1) is 6.42 Å². The number of benzene rings is 1. The minimum atomic E-state index is 0.0289. The molecule has 3 nitrogen and oxygen atoms in total. The Balaban J connectivity index is 2.24. The molecule has 0 unspecified atom stereocenters. The van der Waals surface area contributed by atoms with Gasteiger partial charge < -0.3 is 9.88 Å². The number of hydrogen-bond donors (Lipinski definition) is 1. The van der Waals surface area contributed by atoms with Gasteiger partial charge in [-0.25, -0.2) is 0 Å². The first kappa shape index (κ1) is 11.5. The summed E-state index contributed by atoms with van der Waals surface area (Å²) in [6.07, 6.45) is 4.11. The zero-order valence-corrected chi connectivity index (χ0v) is 9.94. The minimum Gasteiger partial charge on any atom is -0.352 e. The van der Waals surface area contributed by atoms with Crippen molar-refractivity contribution in [3.8, 4) is 0 Å². The molecule has 0 saturated carbocycles. The van der Waals surface area contributed by atoms with E-state index in [0.29, 0.717) is 13.0 Å². The molecule has 0 fully saturated rings. The van der Waals surface area contributed by atoms with Crippen molar-refractivity contribution in [3.05, 3.63) is 48.7 Å². The zero-order chi connectivity index (χ0) is 12.3. The van der Waals surface area contributed by atoms with Crippen LogP contribution in [0.3, 0.4) is 0 Å². The highest BCUT2D eigenvalue weighted by Crippen LogP contribution is 2.20. The van der Waals surface area contributed by atoms with Crippen LogP contribution in [-0.2, 0) is 18.3 Å². The maximum absolute atomic E-state index is 11.7. The summed E-state index contributed by atoms with van der Waals surface area (Å²) in [7, 11) is 1.99. The highest BCUT2D eigenvalue weighted by Gasteiger charge is 2.09. The van der Waals surface area contributed by atoms with Gasteiger partial charge in [0.15, 0.2) is 0 Å². The summed E-state index contributed by atoms with van der Waals surface area (Å²) in [4.78, 5) is 11.7. The number of fused-ring (bicyclic) bond motifs is 1. The van der Waals surface area contributed by atoms with E-state index in [4.69, 9.17) is 0 Å². The first-order chi connectivity index (χ1) is 8.22. The Kier molecular flexibility index (Phi) is 3.28. The standard InChI is InChI=1S/C14H16N2O/c1-3-8-15-14(17)9-11-10-16(2)13-7-5-4-6-12(11)13/h3-7,10H,1,8-9H2,2H3,(H,15,17). The van der Waals surface area contributed by atoms with Gasteiger partial charge in [0, 0.05) is 30.7 Å². The number of nitrogens with zero attached hydrogens (tertiary/aromatic N) is 1. The number of para-hydroxylation sites is 1. The number of aromatic nitrogens is 1. The molecule has 2 rings (SSSR count). The van der Waals surface area contributed by atoms with E-state index in [-0.39, 0.29) is 5.91 Å². The van der Waals surface area contributed by atoms with Crippen LogP contribution in [0, 0.1) is 0 Å². The fourth-order valence-electron chi connectivity index (χ4n) is 1.99. The van der Waals surface area contributed by atoms with Crippen molar-refractivity contribution in [1.82, 2.24) is 9.88 Å². The van der Waals surface area contributed by atoms with Crippen molar-refractivity contribution in [3.63, 3.8) is 0 Å². The smallest absolute Gasteiger partial charge is 0.224 e. The van der Waals surface area contributed by atoms with Gasteiger partial charge >= 0.3 is 0 Å². The summed E-state index contributed by atoms with van der Waals surface area (Å²) in [5.74, 6) is 0.0289. The second-order valence-corrected chi connectivity index (χ2v) is 4.05. The van der Waals surface area contributed by atoms with Gasteiger partial charge in [-0.1, -0.05) is 24.3 Å². The van der Waals surface area contributed by atoms with Crippen LogP contribution >= 0.6 is 0 Å². The Morgan fingerprint density at radius 2 is 2.24 bits per heavy atom. The lowest BCUT2D eigenvalue weighted by atomic mass is 10.1. The molecule has 1 N–H and O–H groups in total. The van der Waals surface area contributed by atoms with Crippen LogP contribution in [0.25, 0.3) is 10.9 Å². The summed E-state index contributed by atoms with van der Waals surface area (Å²) in [5, 5.41) is 3.93. The van der Waals surface area contributed by atoms with Crippen LogP contribution in [0.2, 0.25) is 0 Å². The largest absolute Gasteiger partial charge is 0.352 e. The third-order valence-electron chi connectivity index (χ3n) is 2.77. The predicted molar refractivity (Wildman–Crippen MR) is 69.8 cm³/mol. The average molecular weight is 228 g/mol. The second kappa shape index (κ2) is 4.87. The van der Waals surface area contributed by atoms with Crippen molar-refractivity contribution in [2.24, 2.45) is 7.05 Å². The van der Waals surface area contributed by atoms with E-state index in [0.717, 1.165) is 16.5 Å². The molecule has 0 bridgehead atoms. The van der Waals surface area contributed by atoms with E-state index in [1.165, 1.54) is 0 Å². The lowest BCUT2D eigenvalue weighted by Gasteiger charge is -2.00. The normalized spacial score (nSPS) is 10.4. The number of carbonyl (C=O) groups excluding carboxylic acids is 1. The Morgan fingerprint density at radius 1 is 1.47 bits per heavy atom. The van der Waals surface area contributed by atoms with Gasteiger partial charge in [-0.15, -0.1) is 6.58 Å². The summed E-state index contributed by atoms with van der Waals surface area (Å²) >= 11 is 0. The third kappa shape index (κ3) is 2.38. The molecule has 1 aromatic carbocycles. The molecule has 0 aliphatic carbocycles. The number of hydrogen-bond acceptors (Lipinski definition) is 1. The topological polar surface area (TPSA) is 34.0 Å². The van der Waals surface area contributed by atoms with Crippen LogP contribution in [0.1, 0.15) is 5.56 Å². The number of rotatable bonds is 4. The minimum absolute atomic E-state index is 0.0289. The van der Waals surface area contributed by atoms with Crippen molar-refractivity contribution in [2.75, 3.05) is 6.54 Å². The maximum atomic E-state index is 11.7. The molecule has 1 heterocycles. The molecule has 0 aliphatic heterocycles. The highest BCUT2D eigenvalue weighted by atomic mass is 16.1. The molecule has 0 aliphatic rings. The summed E-state index contributed by atoms with van der Waals surface area (Å²) in [6, 6.07) is 8.10. The van der Waals surface area contributed by atoms with E-state index >= 15 is 0 Å². The Morgan fingerprint density at radius 3 is 3.00 bits per heavy atom. The molecule has 17 heavy (non-hydrogen) atoms. The molecule has 1 amide bonds. The lowest BCUT2D eigenvalue weighted by molar-refractivity contribution is -0.120. The Bertz CT molecular complexity index is 554. The van der Waals surface area contributed by atoms with Crippen molar-refractivity contribution >= 4 is 16.8 Å². The third-order valence-corrected chi connectivity index (χ3v) is 2.77. The average Bonchev–Trinajstić information content (AvgIpc) is 2.65. The van der Waals surface area contributed by atoms with Gasteiger partial charge in [-0.05, 0) is 11.6 Å². The molecule has 0 spiro atoms. The van der Waals surface area contributed by atoms with E-state index in [9.17, 15) is 4.79 Å². The van der Waals surface area contributed by atoms with Gasteiger partial charge in [0.2, 0.25) is 5.91 Å². The fourth-order valence-corrected chi connectivity index (χ4v) is 1.99. The number of amides is 1. The van der Waals surface area contributed by atoms with E-state index in [2.05, 4.69) is 18.0 Å². The second-order valence-electron chi connectivity index (χ2n) is 4.05. The number of nitrogens with one attached hydrogen (secondary N) is 1. The first-order valence-electron chi connectivity index (χ1n) is 5.63. The van der Waals surface area contributed by atoms with E-state index in [1.54, 1.807) is 6.08 Å². The maximum Gasteiger partial charge on any atom is 0.224 e. The molecule has 2 aromatic rings. The van der Waals surface area contributed by atoms with Crippen LogP contribution in [0.4, 0.5) is 0 Å². The molecular weight excluding hydrogens is 212 g/mol. The summed E-state index contributed by atoms with van der Waals surface area (Å²) < 4.78 is 2.05. The van der Waals surface area contributed by atoms with Crippen molar-refractivity contribution in [2.45, 2.75) is 6.42 Å². The molecule has 0 saturated heterocycles. The SMILES string of the molecule is C=CCNC(=O)Cc1cn(C)c2ccccc12. The van der Waals surface area contributed by atoms with Crippen LogP contribution in [-0.4, -0.2) is 17.0 Å². The summed E-state index contributed by atoms with van der Waals surface area (Å²) in [5.41, 5.74) is 2.21. The van der Waals surface area contributed by atoms with Gasteiger partial charge in [-0.2, -0.15) is 0 Å². The quantitative estimate of drug-likeness (QED) is 0.798. The number of aryl methyl sites for hydroxylation is 1. The molecule has 0 radical (unpaired) electrons. The van der Waals surface area contributed by atoms with Crippen LogP contribution < -0.4 is 5.32 Å². The van der Waals surface area contributed by atoms with Gasteiger partial charge in [0.1, 0.15) is 0 Å². The van der Waals surface area contributed by atoms with Crippen molar-refractivity contribution in [1.29, 1.82) is 0 Å². The number of carbonyl (C=O) groups is 1. The first-order valence-corrected chi connectivity index (χ1v) is 5.63. The molecular formula is C14H16N2O. The van der Waals surface area contributed by atoms with Gasteiger partial charge in [-0.3, -0.25) is 4.79 Å². The predicted octanol–water partition coefficient (Wildman–Crippen LogP) is 2.02. The Labute approximate surface area is 101 Å². The summed E-state index contributed by atoms with van der Waals surface area (Å²) in [6.45, 7) is 4.09. The molecule has 88 valence electrons. The molecule has 3 heteroatoms. The monoisotopic (exact) mass is 228 g/mol. The Hall–Kier alpha value is -2.03. The molecule has 1 aromatic heterocycles. The lowest BCUT2D eigenvalue weighted by Crippen LogP contribution is -2.24. The van der Waals surface area contributed by atoms with Crippen LogP contribution in [0.15, 0.2) is 43.1 Å². The molecule has 0 atom stereocenters. The van der Waals surface area contributed by atoms with Crippen LogP contribution in [0.5, 0.6) is 0 Å². The van der Waals surface area contributed by atoms with E-state index < -0.39 is 0 Å².